The first-order valence-electron chi connectivity index (χ1n) is 8.48. The lowest BCUT2D eigenvalue weighted by molar-refractivity contribution is 0.0455. The molecule has 0 saturated carbocycles. The van der Waals surface area contributed by atoms with Crippen LogP contribution in [0.4, 0.5) is 0 Å². The van der Waals surface area contributed by atoms with Crippen molar-refractivity contribution in [1.82, 2.24) is 30.2 Å². The molecular formula is C18H22N6O2. The van der Waals surface area contributed by atoms with Crippen molar-refractivity contribution in [2.75, 3.05) is 0 Å². The molecule has 1 aromatic carbocycles. The fourth-order valence-corrected chi connectivity index (χ4v) is 2.41. The number of rotatable bonds is 5. The van der Waals surface area contributed by atoms with E-state index in [1.54, 1.807) is 10.9 Å². The highest BCUT2D eigenvalue weighted by Crippen LogP contribution is 2.18. The first-order valence-corrected chi connectivity index (χ1v) is 8.48. The van der Waals surface area contributed by atoms with Crippen molar-refractivity contribution in [1.29, 1.82) is 0 Å². The Morgan fingerprint density at radius 2 is 2.04 bits per heavy atom. The highest BCUT2D eigenvalue weighted by atomic mass is 16.5. The van der Waals surface area contributed by atoms with Gasteiger partial charge in [0.05, 0.1) is 11.9 Å². The van der Waals surface area contributed by atoms with E-state index in [0.29, 0.717) is 11.6 Å². The molecule has 0 spiro atoms. The van der Waals surface area contributed by atoms with Gasteiger partial charge >= 0.3 is 5.97 Å². The van der Waals surface area contributed by atoms with Crippen molar-refractivity contribution in [2.24, 2.45) is 0 Å². The Morgan fingerprint density at radius 3 is 2.73 bits per heavy atom. The van der Waals surface area contributed by atoms with Crippen LogP contribution in [0.15, 0.2) is 30.5 Å². The summed E-state index contributed by atoms with van der Waals surface area (Å²) in [5.74, 6) is 0.608. The second-order valence-electron chi connectivity index (χ2n) is 6.96. The summed E-state index contributed by atoms with van der Waals surface area (Å²) in [6.45, 7) is 8.10. The van der Waals surface area contributed by atoms with Crippen molar-refractivity contribution >= 4 is 5.97 Å². The number of aromatic nitrogens is 6. The van der Waals surface area contributed by atoms with Gasteiger partial charge in [0.25, 0.3) is 0 Å². The minimum absolute atomic E-state index is 0.000318. The molecule has 0 saturated heterocycles. The summed E-state index contributed by atoms with van der Waals surface area (Å²) < 4.78 is 6.84. The monoisotopic (exact) mass is 354 g/mol. The lowest BCUT2D eigenvalue weighted by Gasteiger charge is -2.11. The van der Waals surface area contributed by atoms with E-state index < -0.39 is 5.97 Å². The topological polar surface area (TPSA) is 98.6 Å². The zero-order valence-corrected chi connectivity index (χ0v) is 15.4. The first-order chi connectivity index (χ1) is 12.4. The Balaban J connectivity index is 1.68. The molecule has 3 aromatic rings. The minimum Gasteiger partial charge on any atom is -0.453 e. The smallest absolute Gasteiger partial charge is 0.361 e. The predicted molar refractivity (Wildman–Crippen MR) is 94.9 cm³/mol. The molecular weight excluding hydrogens is 332 g/mol. The minimum atomic E-state index is -0.557. The summed E-state index contributed by atoms with van der Waals surface area (Å²) in [6.07, 6.45) is 2.43. The van der Waals surface area contributed by atoms with Crippen molar-refractivity contribution in [3.05, 3.63) is 53.4 Å². The number of carbonyl (C=O) groups is 1. The van der Waals surface area contributed by atoms with Gasteiger partial charge in [-0.25, -0.2) is 14.5 Å². The summed E-state index contributed by atoms with van der Waals surface area (Å²) in [5, 5.41) is 14.9. The fraction of sp³-hybridized carbons (Fsp3) is 0.389. The lowest BCUT2D eigenvalue weighted by atomic mass is 9.96. The molecule has 26 heavy (non-hydrogen) atoms. The third-order valence-electron chi connectivity index (χ3n) is 3.86. The molecule has 136 valence electrons. The third kappa shape index (κ3) is 3.79. The van der Waals surface area contributed by atoms with Crippen LogP contribution in [0.3, 0.4) is 0 Å². The zero-order chi connectivity index (χ0) is 18.7. The molecule has 0 aliphatic heterocycles. The number of hydrogen-bond acceptors (Lipinski definition) is 6. The van der Waals surface area contributed by atoms with Crippen LogP contribution in [-0.2, 0) is 23.2 Å². The summed E-state index contributed by atoms with van der Waals surface area (Å²) in [7, 11) is 0. The van der Waals surface area contributed by atoms with Crippen LogP contribution in [0.1, 0.15) is 55.4 Å². The van der Waals surface area contributed by atoms with E-state index >= 15 is 0 Å². The molecule has 0 unspecified atom stereocenters. The normalized spacial score (nSPS) is 11.5. The van der Waals surface area contributed by atoms with Gasteiger partial charge in [0.2, 0.25) is 0 Å². The summed E-state index contributed by atoms with van der Waals surface area (Å²) >= 11 is 0. The number of nitrogens with zero attached hydrogens (tertiary/aromatic N) is 5. The molecule has 2 heterocycles. The maximum absolute atomic E-state index is 12.2. The van der Waals surface area contributed by atoms with Crippen molar-refractivity contribution in [2.45, 2.75) is 46.1 Å². The van der Waals surface area contributed by atoms with Gasteiger partial charge in [-0.05, 0) is 18.1 Å². The van der Waals surface area contributed by atoms with Crippen molar-refractivity contribution < 1.29 is 9.53 Å². The standard InChI is InChI=1S/C18H22N6O2/c1-5-12-8-6-7-9-14(12)24-10-13(20-23-24)16(25)26-11-15-19-17(22-21-15)18(2,3)4/h6-10H,5,11H2,1-4H3,(H,19,21,22). The number of esters is 1. The molecule has 8 heteroatoms. The number of benzene rings is 1. The Bertz CT molecular complexity index is 906. The number of aromatic amines is 1. The largest absolute Gasteiger partial charge is 0.453 e. The molecule has 0 atom stereocenters. The molecule has 0 aliphatic carbocycles. The van der Waals surface area contributed by atoms with Gasteiger partial charge in [-0.2, -0.15) is 5.10 Å². The quantitative estimate of drug-likeness (QED) is 0.707. The third-order valence-corrected chi connectivity index (χ3v) is 3.86. The van der Waals surface area contributed by atoms with Gasteiger partial charge in [0, 0.05) is 5.41 Å². The number of carbonyl (C=O) groups excluding carboxylic acids is 1. The molecule has 8 nitrogen and oxygen atoms in total. The second-order valence-corrected chi connectivity index (χ2v) is 6.96. The first kappa shape index (κ1) is 17.8. The van der Waals surface area contributed by atoms with Gasteiger partial charge in [-0.1, -0.05) is 51.1 Å². The van der Waals surface area contributed by atoms with Crippen molar-refractivity contribution in [3.63, 3.8) is 0 Å². The van der Waals surface area contributed by atoms with Gasteiger partial charge < -0.3 is 4.74 Å². The fourth-order valence-electron chi connectivity index (χ4n) is 2.41. The number of H-pyrrole nitrogens is 1. The highest BCUT2D eigenvalue weighted by Gasteiger charge is 2.20. The SMILES string of the molecule is CCc1ccccc1-n1cc(C(=O)OCc2nc(C(C)(C)C)n[nH]2)nn1. The molecule has 0 bridgehead atoms. The van der Waals surface area contributed by atoms with E-state index in [1.165, 1.54) is 0 Å². The number of aryl methyl sites for hydroxylation is 1. The molecule has 3 rings (SSSR count). The van der Waals surface area contributed by atoms with E-state index in [2.05, 4.69) is 32.4 Å². The van der Waals surface area contributed by atoms with Gasteiger partial charge in [-0.15, -0.1) is 5.10 Å². The van der Waals surface area contributed by atoms with Gasteiger partial charge in [-0.3, -0.25) is 5.10 Å². The molecule has 0 fully saturated rings. The molecule has 0 aliphatic rings. The maximum atomic E-state index is 12.2. The highest BCUT2D eigenvalue weighted by molar-refractivity contribution is 5.86. The Morgan fingerprint density at radius 1 is 1.27 bits per heavy atom. The predicted octanol–water partition coefficient (Wildman–Crippen LogP) is 2.60. The van der Waals surface area contributed by atoms with Crippen LogP contribution >= 0.6 is 0 Å². The number of nitrogens with one attached hydrogen (secondary N) is 1. The second kappa shape index (κ2) is 7.07. The van der Waals surface area contributed by atoms with E-state index in [4.69, 9.17) is 4.74 Å². The summed E-state index contributed by atoms with van der Waals surface area (Å²) in [6, 6.07) is 7.85. The van der Waals surface area contributed by atoms with E-state index in [0.717, 1.165) is 17.7 Å². The van der Waals surface area contributed by atoms with Crippen LogP contribution in [0.25, 0.3) is 5.69 Å². The van der Waals surface area contributed by atoms with Crippen LogP contribution < -0.4 is 0 Å². The number of ether oxygens (including phenoxy) is 1. The Kier molecular flexibility index (Phi) is 4.83. The van der Waals surface area contributed by atoms with Gasteiger partial charge in [0.1, 0.15) is 0 Å². The summed E-state index contributed by atoms with van der Waals surface area (Å²) in [5.41, 5.74) is 1.99. The number of para-hydroxylation sites is 1. The van der Waals surface area contributed by atoms with Crippen molar-refractivity contribution in [3.8, 4) is 5.69 Å². The van der Waals surface area contributed by atoms with Crippen LogP contribution in [0.5, 0.6) is 0 Å². The van der Waals surface area contributed by atoms with Crippen LogP contribution in [0, 0.1) is 0 Å². The van der Waals surface area contributed by atoms with Crippen LogP contribution in [-0.4, -0.2) is 36.1 Å². The average Bonchev–Trinajstić information content (AvgIpc) is 3.29. The molecule has 0 radical (unpaired) electrons. The van der Waals surface area contributed by atoms with Gasteiger partial charge in [0.15, 0.2) is 23.9 Å². The Labute approximate surface area is 151 Å². The maximum Gasteiger partial charge on any atom is 0.361 e. The van der Waals surface area contributed by atoms with Crippen LogP contribution in [0.2, 0.25) is 0 Å². The summed E-state index contributed by atoms with van der Waals surface area (Å²) in [4.78, 5) is 16.6. The Hall–Kier alpha value is -3.03. The zero-order valence-electron chi connectivity index (χ0n) is 15.4. The van der Waals surface area contributed by atoms with E-state index in [1.807, 2.05) is 45.0 Å². The average molecular weight is 354 g/mol. The molecule has 2 aromatic heterocycles. The molecule has 0 amide bonds. The lowest BCUT2D eigenvalue weighted by Crippen LogP contribution is -2.13. The molecule has 1 N–H and O–H groups in total. The van der Waals surface area contributed by atoms with E-state index in [-0.39, 0.29) is 17.7 Å². The number of hydrogen-bond donors (Lipinski definition) is 1. The van der Waals surface area contributed by atoms with E-state index in [9.17, 15) is 4.79 Å².